The third kappa shape index (κ3) is 3.23. The van der Waals surface area contributed by atoms with E-state index in [1.165, 1.54) is 7.11 Å². The third-order valence-corrected chi connectivity index (χ3v) is 4.19. The number of hydrogen-bond acceptors (Lipinski definition) is 5. The molecule has 0 aliphatic carbocycles. The van der Waals surface area contributed by atoms with Crippen LogP contribution >= 0.6 is 0 Å². The van der Waals surface area contributed by atoms with Crippen LogP contribution in [0.1, 0.15) is 46.0 Å². The predicted molar refractivity (Wildman–Crippen MR) is 82.4 cm³/mol. The van der Waals surface area contributed by atoms with Gasteiger partial charge in [0.15, 0.2) is 5.78 Å². The lowest BCUT2D eigenvalue weighted by molar-refractivity contribution is -0.0460. The number of Topliss-reactive ketones (excluding diaryl/α,β-unsaturated/α-hetero) is 1. The molecule has 2 rings (SSSR count). The first-order valence-electron chi connectivity index (χ1n) is 7.51. The minimum Gasteiger partial charge on any atom is -0.465 e. The Bertz CT molecular complexity index is 579. The Morgan fingerprint density at radius 3 is 2.68 bits per heavy atom. The number of hydrogen-bond donors (Lipinski definition) is 1. The average Bonchev–Trinajstić information content (AvgIpc) is 2.77. The molecule has 2 heterocycles. The van der Waals surface area contributed by atoms with Crippen molar-refractivity contribution in [3.8, 4) is 0 Å². The second-order valence-corrected chi connectivity index (χ2v) is 5.96. The summed E-state index contributed by atoms with van der Waals surface area (Å²) in [7, 11) is 1.34. The molecule has 2 atom stereocenters. The van der Waals surface area contributed by atoms with Crippen molar-refractivity contribution < 1.29 is 19.1 Å². The number of H-pyrrole nitrogens is 1. The zero-order chi connectivity index (χ0) is 16.4. The van der Waals surface area contributed by atoms with Gasteiger partial charge in [0, 0.05) is 18.3 Å². The lowest BCUT2D eigenvalue weighted by atomic mass is 10.1. The van der Waals surface area contributed by atoms with Gasteiger partial charge in [-0.15, -0.1) is 0 Å². The lowest BCUT2D eigenvalue weighted by Crippen LogP contribution is -2.49. The number of nitrogens with zero attached hydrogens (tertiary/aromatic N) is 1. The Morgan fingerprint density at radius 1 is 1.36 bits per heavy atom. The van der Waals surface area contributed by atoms with Crippen LogP contribution in [0.3, 0.4) is 0 Å². The number of ether oxygens (including phenoxy) is 2. The van der Waals surface area contributed by atoms with Gasteiger partial charge in [-0.3, -0.25) is 9.69 Å². The molecule has 1 aliphatic heterocycles. The van der Waals surface area contributed by atoms with Gasteiger partial charge in [-0.1, -0.05) is 0 Å². The van der Waals surface area contributed by atoms with Gasteiger partial charge in [0.05, 0.1) is 37.6 Å². The number of aromatic nitrogens is 1. The summed E-state index contributed by atoms with van der Waals surface area (Å²) in [5.74, 6) is -0.435. The zero-order valence-corrected chi connectivity index (χ0v) is 13.9. The predicted octanol–water partition coefficient (Wildman–Crippen LogP) is 1.71. The van der Waals surface area contributed by atoms with Gasteiger partial charge in [0.25, 0.3) is 0 Å². The lowest BCUT2D eigenvalue weighted by Gasteiger charge is -2.36. The van der Waals surface area contributed by atoms with Gasteiger partial charge < -0.3 is 14.5 Å². The number of rotatable bonds is 4. The first-order valence-corrected chi connectivity index (χ1v) is 7.51. The number of morpholine rings is 1. The van der Waals surface area contributed by atoms with Gasteiger partial charge in [-0.25, -0.2) is 4.79 Å². The van der Waals surface area contributed by atoms with Crippen LogP contribution < -0.4 is 0 Å². The summed E-state index contributed by atoms with van der Waals surface area (Å²) in [5.41, 5.74) is 2.26. The number of aryl methyl sites for hydroxylation is 1. The Kier molecular flexibility index (Phi) is 5.03. The molecule has 1 N–H and O–H groups in total. The van der Waals surface area contributed by atoms with E-state index < -0.39 is 5.97 Å². The van der Waals surface area contributed by atoms with E-state index in [9.17, 15) is 9.59 Å². The maximum Gasteiger partial charge on any atom is 0.339 e. The molecule has 0 unspecified atom stereocenters. The van der Waals surface area contributed by atoms with Crippen LogP contribution in [0, 0.1) is 13.8 Å². The van der Waals surface area contributed by atoms with Crippen LogP contribution in [0.15, 0.2) is 0 Å². The molecule has 1 aromatic rings. The van der Waals surface area contributed by atoms with Crippen molar-refractivity contribution in [1.82, 2.24) is 9.88 Å². The molecule has 0 amide bonds. The highest BCUT2D eigenvalue weighted by Crippen LogP contribution is 2.20. The molecule has 6 nitrogen and oxygen atoms in total. The van der Waals surface area contributed by atoms with Crippen LogP contribution in [0.2, 0.25) is 0 Å². The monoisotopic (exact) mass is 308 g/mol. The number of ketones is 1. The van der Waals surface area contributed by atoms with E-state index in [4.69, 9.17) is 9.47 Å². The molecule has 6 heteroatoms. The molecule has 0 radical (unpaired) electrons. The van der Waals surface area contributed by atoms with E-state index >= 15 is 0 Å². The number of aromatic amines is 1. The maximum atomic E-state index is 12.6. The Hall–Kier alpha value is -1.66. The highest BCUT2D eigenvalue weighted by molar-refractivity contribution is 6.02. The molecule has 0 saturated carbocycles. The quantitative estimate of drug-likeness (QED) is 0.677. The van der Waals surface area contributed by atoms with Crippen molar-refractivity contribution in [2.75, 3.05) is 26.8 Å². The molecular formula is C16H24N2O4. The number of esters is 1. The second-order valence-electron chi connectivity index (χ2n) is 5.96. The molecule has 1 saturated heterocycles. The molecule has 0 aromatic carbocycles. The van der Waals surface area contributed by atoms with Crippen molar-refractivity contribution in [1.29, 1.82) is 0 Å². The van der Waals surface area contributed by atoms with E-state index in [0.29, 0.717) is 35.7 Å². The van der Waals surface area contributed by atoms with Crippen molar-refractivity contribution in [3.63, 3.8) is 0 Å². The van der Waals surface area contributed by atoms with Crippen molar-refractivity contribution >= 4 is 11.8 Å². The first-order chi connectivity index (χ1) is 10.3. The van der Waals surface area contributed by atoms with Crippen LogP contribution in [-0.2, 0) is 9.47 Å². The molecular weight excluding hydrogens is 284 g/mol. The number of methoxy groups -OCH3 is 1. The summed E-state index contributed by atoms with van der Waals surface area (Å²) in [6, 6.07) is 0.205. The summed E-state index contributed by atoms with van der Waals surface area (Å²) in [5, 5.41) is 0. The normalized spacial score (nSPS) is 22.6. The maximum absolute atomic E-state index is 12.6. The van der Waals surface area contributed by atoms with Gasteiger partial charge in [-0.2, -0.15) is 0 Å². The molecule has 1 aliphatic rings. The van der Waals surface area contributed by atoms with Gasteiger partial charge >= 0.3 is 5.97 Å². The van der Waals surface area contributed by atoms with E-state index in [0.717, 1.165) is 6.54 Å². The molecule has 0 bridgehead atoms. The topological polar surface area (TPSA) is 71.6 Å². The summed E-state index contributed by atoms with van der Waals surface area (Å²) >= 11 is 0. The number of carbonyl (C=O) groups excluding carboxylic acids is 2. The van der Waals surface area contributed by atoms with Gasteiger partial charge in [-0.05, 0) is 33.3 Å². The van der Waals surface area contributed by atoms with E-state index in [-0.39, 0.29) is 17.9 Å². The van der Waals surface area contributed by atoms with E-state index in [1.54, 1.807) is 13.8 Å². The minimum atomic E-state index is -0.418. The highest BCUT2D eigenvalue weighted by Gasteiger charge is 2.28. The van der Waals surface area contributed by atoms with Crippen LogP contribution in [-0.4, -0.2) is 60.6 Å². The smallest absolute Gasteiger partial charge is 0.339 e. The summed E-state index contributed by atoms with van der Waals surface area (Å²) in [6.07, 6.45) is 0.126. The van der Waals surface area contributed by atoms with Crippen molar-refractivity contribution in [3.05, 3.63) is 22.5 Å². The molecule has 1 fully saturated rings. The molecule has 0 spiro atoms. The van der Waals surface area contributed by atoms with Gasteiger partial charge in [0.2, 0.25) is 0 Å². The van der Waals surface area contributed by atoms with Crippen LogP contribution in [0.5, 0.6) is 0 Å². The van der Waals surface area contributed by atoms with Crippen LogP contribution in [0.4, 0.5) is 0 Å². The minimum absolute atomic E-state index is 0.0169. The zero-order valence-electron chi connectivity index (χ0n) is 13.9. The fourth-order valence-corrected chi connectivity index (χ4v) is 2.89. The van der Waals surface area contributed by atoms with Crippen LogP contribution in [0.25, 0.3) is 0 Å². The van der Waals surface area contributed by atoms with E-state index in [2.05, 4.69) is 9.88 Å². The number of nitrogens with one attached hydrogen (secondary N) is 1. The molecule has 22 heavy (non-hydrogen) atoms. The Labute approximate surface area is 130 Å². The largest absolute Gasteiger partial charge is 0.465 e. The third-order valence-electron chi connectivity index (χ3n) is 4.19. The number of carbonyl (C=O) groups is 2. The first kappa shape index (κ1) is 16.7. The average molecular weight is 308 g/mol. The standard InChI is InChI=1S/C16H24N2O4/c1-9-8-22-10(2)6-18(9)7-13(19)15-11(3)14(12(4)17-15)16(20)21-5/h9-10,17H,6-8H2,1-5H3/t9-,10+/m0/s1. The summed E-state index contributed by atoms with van der Waals surface area (Å²) in [6.45, 7) is 9.27. The molecule has 1 aromatic heterocycles. The summed E-state index contributed by atoms with van der Waals surface area (Å²) in [4.78, 5) is 29.5. The molecule has 122 valence electrons. The Morgan fingerprint density at radius 2 is 2.05 bits per heavy atom. The summed E-state index contributed by atoms with van der Waals surface area (Å²) < 4.78 is 10.4. The fraction of sp³-hybridized carbons (Fsp3) is 0.625. The SMILES string of the molecule is COC(=O)c1c(C)[nH]c(C(=O)CN2C[C@@H](C)OC[C@@H]2C)c1C. The Balaban J connectivity index is 2.18. The fourth-order valence-electron chi connectivity index (χ4n) is 2.89. The van der Waals surface area contributed by atoms with Crippen molar-refractivity contribution in [2.45, 2.75) is 39.8 Å². The second kappa shape index (κ2) is 6.62. The highest BCUT2D eigenvalue weighted by atomic mass is 16.5. The van der Waals surface area contributed by atoms with E-state index in [1.807, 2.05) is 13.8 Å². The van der Waals surface area contributed by atoms with Gasteiger partial charge in [0.1, 0.15) is 0 Å². The van der Waals surface area contributed by atoms with Crippen molar-refractivity contribution in [2.24, 2.45) is 0 Å².